The predicted octanol–water partition coefficient (Wildman–Crippen LogP) is 5.01. The fraction of sp³-hybridized carbons (Fsp3) is 0.118. The normalized spacial score (nSPS) is 11.0. The molecule has 8 heteroatoms. The molecule has 1 aromatic heterocycles. The second-order valence-corrected chi connectivity index (χ2v) is 5.18. The van der Waals surface area contributed by atoms with E-state index in [0.29, 0.717) is 17.1 Å². The van der Waals surface area contributed by atoms with Crippen LogP contribution >= 0.6 is 12.4 Å². The Labute approximate surface area is 148 Å². The molecule has 0 amide bonds. The number of nitrogens with two attached hydrogens (primary N) is 1. The van der Waals surface area contributed by atoms with Gasteiger partial charge in [-0.3, -0.25) is 0 Å². The van der Waals surface area contributed by atoms with Crippen molar-refractivity contribution >= 4 is 40.5 Å². The molecule has 0 fully saturated rings. The van der Waals surface area contributed by atoms with E-state index >= 15 is 0 Å². The van der Waals surface area contributed by atoms with Crippen LogP contribution in [-0.4, -0.2) is 12.1 Å². The van der Waals surface area contributed by atoms with Gasteiger partial charge in [0.2, 0.25) is 0 Å². The van der Waals surface area contributed by atoms with Gasteiger partial charge in [0, 0.05) is 16.8 Å². The molecule has 0 atom stereocenters. The van der Waals surface area contributed by atoms with Crippen LogP contribution in [0.3, 0.4) is 0 Å². The molecule has 3 rings (SSSR count). The molecule has 2 aromatic carbocycles. The first-order chi connectivity index (χ1) is 11.4. The zero-order chi connectivity index (χ0) is 17.3. The number of pyridine rings is 1. The summed E-state index contributed by atoms with van der Waals surface area (Å²) < 4.78 is 45.2. The molecular formula is C17H15ClF3N3O. The van der Waals surface area contributed by atoms with E-state index in [4.69, 9.17) is 10.5 Å². The van der Waals surface area contributed by atoms with E-state index in [1.807, 2.05) is 0 Å². The Balaban J connectivity index is 0.00000225. The van der Waals surface area contributed by atoms with Crippen LogP contribution in [0.15, 0.2) is 48.5 Å². The van der Waals surface area contributed by atoms with Gasteiger partial charge in [-0.2, -0.15) is 13.2 Å². The Morgan fingerprint density at radius 1 is 1.04 bits per heavy atom. The maximum absolute atomic E-state index is 13.4. The summed E-state index contributed by atoms with van der Waals surface area (Å²) in [5, 5.41) is 2.86. The molecule has 0 saturated heterocycles. The van der Waals surface area contributed by atoms with Crippen molar-refractivity contribution in [3.63, 3.8) is 0 Å². The van der Waals surface area contributed by atoms with Crippen molar-refractivity contribution in [3.8, 4) is 5.75 Å². The van der Waals surface area contributed by atoms with Gasteiger partial charge in [0.25, 0.3) is 0 Å². The summed E-state index contributed by atoms with van der Waals surface area (Å²) in [5.74, 6) is 0.443. The van der Waals surface area contributed by atoms with Gasteiger partial charge in [0.1, 0.15) is 11.6 Å². The molecule has 25 heavy (non-hydrogen) atoms. The summed E-state index contributed by atoms with van der Waals surface area (Å²) in [6.07, 6.45) is -4.51. The predicted molar refractivity (Wildman–Crippen MR) is 94.7 cm³/mol. The number of hydrogen-bond acceptors (Lipinski definition) is 4. The summed E-state index contributed by atoms with van der Waals surface area (Å²) in [4.78, 5) is 4.24. The molecule has 0 aliphatic rings. The van der Waals surface area contributed by atoms with Gasteiger partial charge in [0.05, 0.1) is 18.2 Å². The summed E-state index contributed by atoms with van der Waals surface area (Å²) in [5.41, 5.74) is 6.21. The average Bonchev–Trinajstić information content (AvgIpc) is 2.55. The number of methoxy groups -OCH3 is 1. The van der Waals surface area contributed by atoms with Crippen LogP contribution in [0.2, 0.25) is 0 Å². The number of ether oxygens (including phenoxy) is 1. The van der Waals surface area contributed by atoms with Crippen molar-refractivity contribution in [2.24, 2.45) is 0 Å². The van der Waals surface area contributed by atoms with Gasteiger partial charge in [-0.05, 0) is 48.5 Å². The van der Waals surface area contributed by atoms with Crippen molar-refractivity contribution < 1.29 is 17.9 Å². The van der Waals surface area contributed by atoms with Crippen molar-refractivity contribution in [1.82, 2.24) is 4.98 Å². The number of halogens is 4. The second-order valence-electron chi connectivity index (χ2n) is 5.18. The molecular weight excluding hydrogens is 355 g/mol. The molecule has 132 valence electrons. The number of nitrogen functional groups attached to an aromatic ring is 1. The third-order valence-electron chi connectivity index (χ3n) is 3.50. The van der Waals surface area contributed by atoms with E-state index in [0.717, 1.165) is 6.07 Å². The van der Waals surface area contributed by atoms with Crippen LogP contribution < -0.4 is 15.8 Å². The van der Waals surface area contributed by atoms with Crippen LogP contribution in [0.5, 0.6) is 5.75 Å². The Kier molecular flexibility index (Phi) is 5.27. The van der Waals surface area contributed by atoms with Crippen LogP contribution in [0.25, 0.3) is 10.9 Å². The number of nitrogens with one attached hydrogen (secondary N) is 1. The Bertz CT molecular complexity index is 883. The van der Waals surface area contributed by atoms with Gasteiger partial charge in [-0.1, -0.05) is 0 Å². The number of nitrogens with zero attached hydrogens (tertiary/aromatic N) is 1. The summed E-state index contributed by atoms with van der Waals surface area (Å²) in [7, 11) is 1.40. The van der Waals surface area contributed by atoms with E-state index in [1.165, 1.54) is 19.2 Å². The van der Waals surface area contributed by atoms with Crippen molar-refractivity contribution in [1.29, 1.82) is 0 Å². The first-order valence-electron chi connectivity index (χ1n) is 7.05. The molecule has 3 aromatic rings. The molecule has 0 aliphatic carbocycles. The number of hydrogen-bond donors (Lipinski definition) is 2. The Morgan fingerprint density at radius 2 is 1.72 bits per heavy atom. The summed E-state index contributed by atoms with van der Waals surface area (Å²) in [6.45, 7) is 0. The Morgan fingerprint density at radius 3 is 2.32 bits per heavy atom. The van der Waals surface area contributed by atoms with E-state index in [-0.39, 0.29) is 29.1 Å². The number of alkyl halides is 3. The standard InChI is InChI=1S/C17H14F3N3O.ClH/c1-24-12-6-7-15-13(8-12)14(17(18,19)20)9-16(23-15)22-11-4-2-10(21)3-5-11;/h2-9H,21H2,1H3,(H,22,23);1H. The number of benzene rings is 2. The zero-order valence-corrected chi connectivity index (χ0v) is 13.9. The van der Waals surface area contributed by atoms with Gasteiger partial charge in [0.15, 0.2) is 0 Å². The third-order valence-corrected chi connectivity index (χ3v) is 3.50. The molecule has 0 unspecified atom stereocenters. The monoisotopic (exact) mass is 369 g/mol. The van der Waals surface area contributed by atoms with Crippen LogP contribution in [0.4, 0.5) is 30.4 Å². The van der Waals surface area contributed by atoms with Crippen LogP contribution in [-0.2, 0) is 6.18 Å². The first-order valence-corrected chi connectivity index (χ1v) is 7.05. The minimum atomic E-state index is -4.51. The van der Waals surface area contributed by atoms with E-state index in [1.54, 1.807) is 30.3 Å². The van der Waals surface area contributed by atoms with Crippen molar-refractivity contribution in [3.05, 3.63) is 54.1 Å². The fourth-order valence-corrected chi connectivity index (χ4v) is 2.34. The van der Waals surface area contributed by atoms with Crippen LogP contribution in [0, 0.1) is 0 Å². The van der Waals surface area contributed by atoms with Gasteiger partial charge >= 0.3 is 6.18 Å². The minimum Gasteiger partial charge on any atom is -0.497 e. The van der Waals surface area contributed by atoms with Gasteiger partial charge in [-0.25, -0.2) is 4.98 Å². The minimum absolute atomic E-state index is 0. The molecule has 0 spiro atoms. The lowest BCUT2D eigenvalue weighted by Gasteiger charge is -2.14. The van der Waals surface area contributed by atoms with Crippen LogP contribution in [0.1, 0.15) is 5.56 Å². The maximum atomic E-state index is 13.4. The first kappa shape index (κ1) is 18.7. The summed E-state index contributed by atoms with van der Waals surface area (Å²) >= 11 is 0. The molecule has 0 radical (unpaired) electrons. The molecule has 4 nitrogen and oxygen atoms in total. The Hall–Kier alpha value is -2.67. The lowest BCUT2D eigenvalue weighted by molar-refractivity contribution is -0.136. The highest BCUT2D eigenvalue weighted by Crippen LogP contribution is 2.37. The lowest BCUT2D eigenvalue weighted by atomic mass is 10.1. The number of rotatable bonds is 3. The van der Waals surface area contributed by atoms with Gasteiger partial charge in [-0.15, -0.1) is 12.4 Å². The SMILES string of the molecule is COc1ccc2nc(Nc3ccc(N)cc3)cc(C(F)(F)F)c2c1.Cl. The number of fused-ring (bicyclic) bond motifs is 1. The van der Waals surface area contributed by atoms with Crippen molar-refractivity contribution in [2.75, 3.05) is 18.2 Å². The second kappa shape index (κ2) is 7.06. The van der Waals surface area contributed by atoms with E-state index < -0.39 is 11.7 Å². The average molecular weight is 370 g/mol. The van der Waals surface area contributed by atoms with E-state index in [2.05, 4.69) is 10.3 Å². The molecule has 3 N–H and O–H groups in total. The molecule has 1 heterocycles. The van der Waals surface area contributed by atoms with Crippen molar-refractivity contribution in [2.45, 2.75) is 6.18 Å². The topological polar surface area (TPSA) is 60.2 Å². The lowest BCUT2D eigenvalue weighted by Crippen LogP contribution is -2.08. The molecule has 0 saturated carbocycles. The van der Waals surface area contributed by atoms with E-state index in [9.17, 15) is 13.2 Å². The third kappa shape index (κ3) is 4.06. The quantitative estimate of drug-likeness (QED) is 0.637. The largest absolute Gasteiger partial charge is 0.497 e. The highest BCUT2D eigenvalue weighted by atomic mass is 35.5. The highest BCUT2D eigenvalue weighted by molar-refractivity contribution is 5.86. The number of anilines is 3. The molecule has 0 aliphatic heterocycles. The smallest absolute Gasteiger partial charge is 0.417 e. The zero-order valence-electron chi connectivity index (χ0n) is 13.1. The highest BCUT2D eigenvalue weighted by Gasteiger charge is 2.33. The maximum Gasteiger partial charge on any atom is 0.417 e. The number of aromatic nitrogens is 1. The summed E-state index contributed by atoms with van der Waals surface area (Å²) in [6, 6.07) is 12.0. The fourth-order valence-electron chi connectivity index (χ4n) is 2.34. The van der Waals surface area contributed by atoms with Gasteiger partial charge < -0.3 is 15.8 Å². The molecule has 0 bridgehead atoms.